The lowest BCUT2D eigenvalue weighted by atomic mass is 10.0. The lowest BCUT2D eigenvalue weighted by Gasteiger charge is -2.36. The largest absolute Gasteiger partial charge is 0.369 e. The van der Waals surface area contributed by atoms with Gasteiger partial charge in [-0.3, -0.25) is 0 Å². The number of anilines is 1. The lowest BCUT2D eigenvalue weighted by molar-refractivity contribution is 0.394. The molecule has 2 nitrogen and oxygen atoms in total. The summed E-state index contributed by atoms with van der Waals surface area (Å²) >= 11 is 3.51. The third kappa shape index (κ3) is 3.45. The van der Waals surface area contributed by atoms with Crippen LogP contribution in [-0.4, -0.2) is 25.2 Å². The standard InChI is InChI=1S/C14H20BrFN2/c1-10(2)17-12-4-3-7-18(9-12)14-8-11(16)5-6-13(14)15/h5-6,8,10,12,17H,3-4,7,9H2,1-2H3. The highest BCUT2D eigenvalue weighted by Crippen LogP contribution is 2.29. The molecular weight excluding hydrogens is 295 g/mol. The molecule has 1 heterocycles. The number of piperidine rings is 1. The van der Waals surface area contributed by atoms with Crippen LogP contribution < -0.4 is 10.2 Å². The minimum atomic E-state index is -0.174. The number of halogens is 2. The quantitative estimate of drug-likeness (QED) is 0.917. The van der Waals surface area contributed by atoms with Crippen molar-refractivity contribution in [3.05, 3.63) is 28.5 Å². The summed E-state index contributed by atoms with van der Waals surface area (Å²) in [5.74, 6) is -0.174. The van der Waals surface area contributed by atoms with Crippen molar-refractivity contribution >= 4 is 21.6 Å². The Morgan fingerprint density at radius 1 is 1.44 bits per heavy atom. The van der Waals surface area contributed by atoms with E-state index < -0.39 is 0 Å². The van der Waals surface area contributed by atoms with Crippen LogP contribution in [-0.2, 0) is 0 Å². The molecule has 1 aliphatic rings. The van der Waals surface area contributed by atoms with E-state index in [0.717, 1.165) is 29.7 Å². The van der Waals surface area contributed by atoms with Crippen molar-refractivity contribution in [1.29, 1.82) is 0 Å². The van der Waals surface area contributed by atoms with Gasteiger partial charge >= 0.3 is 0 Å². The number of hydrogen-bond acceptors (Lipinski definition) is 2. The van der Waals surface area contributed by atoms with Crippen LogP contribution in [0.2, 0.25) is 0 Å². The Hall–Kier alpha value is -0.610. The predicted molar refractivity (Wildman–Crippen MR) is 77.6 cm³/mol. The normalized spacial score (nSPS) is 20.5. The van der Waals surface area contributed by atoms with Gasteiger partial charge in [-0.2, -0.15) is 0 Å². The molecule has 2 rings (SSSR count). The van der Waals surface area contributed by atoms with Crippen LogP contribution >= 0.6 is 15.9 Å². The molecule has 1 N–H and O–H groups in total. The van der Waals surface area contributed by atoms with Gasteiger partial charge in [-0.15, -0.1) is 0 Å². The third-order valence-corrected chi connectivity index (χ3v) is 3.91. The van der Waals surface area contributed by atoms with Crippen molar-refractivity contribution in [2.45, 2.75) is 38.8 Å². The second-order valence-corrected chi connectivity index (χ2v) is 6.06. The summed E-state index contributed by atoms with van der Waals surface area (Å²) in [4.78, 5) is 2.26. The van der Waals surface area contributed by atoms with Gasteiger partial charge in [-0.05, 0) is 47.0 Å². The first-order chi connectivity index (χ1) is 8.56. The Balaban J connectivity index is 2.10. The highest BCUT2D eigenvalue weighted by molar-refractivity contribution is 9.10. The number of rotatable bonds is 3. The van der Waals surface area contributed by atoms with Crippen LogP contribution in [0.1, 0.15) is 26.7 Å². The van der Waals surface area contributed by atoms with Crippen molar-refractivity contribution in [3.63, 3.8) is 0 Å². The molecular formula is C14H20BrFN2. The average molecular weight is 315 g/mol. The molecule has 18 heavy (non-hydrogen) atoms. The molecule has 1 aliphatic heterocycles. The van der Waals surface area contributed by atoms with Crippen LogP contribution in [0.4, 0.5) is 10.1 Å². The summed E-state index contributed by atoms with van der Waals surface area (Å²) in [6.45, 7) is 6.27. The van der Waals surface area contributed by atoms with Crippen LogP contribution in [0.5, 0.6) is 0 Å². The maximum Gasteiger partial charge on any atom is 0.125 e. The molecule has 1 atom stereocenters. The predicted octanol–water partition coefficient (Wildman–Crippen LogP) is 3.56. The third-order valence-electron chi connectivity index (χ3n) is 3.24. The minimum Gasteiger partial charge on any atom is -0.369 e. The van der Waals surface area contributed by atoms with E-state index in [2.05, 4.69) is 40.0 Å². The molecule has 1 aromatic rings. The molecule has 0 radical (unpaired) electrons. The molecule has 1 unspecified atom stereocenters. The van der Waals surface area contributed by atoms with E-state index >= 15 is 0 Å². The summed E-state index contributed by atoms with van der Waals surface area (Å²) in [6, 6.07) is 5.87. The topological polar surface area (TPSA) is 15.3 Å². The van der Waals surface area contributed by atoms with Gasteiger partial charge < -0.3 is 10.2 Å². The Morgan fingerprint density at radius 2 is 2.22 bits per heavy atom. The first-order valence-corrected chi connectivity index (χ1v) is 7.31. The number of benzene rings is 1. The number of nitrogens with zero attached hydrogens (tertiary/aromatic N) is 1. The fraction of sp³-hybridized carbons (Fsp3) is 0.571. The van der Waals surface area contributed by atoms with Crippen LogP contribution in [0.15, 0.2) is 22.7 Å². The van der Waals surface area contributed by atoms with E-state index in [1.807, 2.05) is 0 Å². The van der Waals surface area contributed by atoms with Gasteiger partial charge in [0.2, 0.25) is 0 Å². The highest BCUT2D eigenvalue weighted by atomic mass is 79.9. The Labute approximate surface area is 117 Å². The van der Waals surface area contributed by atoms with Gasteiger partial charge in [0.1, 0.15) is 5.82 Å². The van der Waals surface area contributed by atoms with Gasteiger partial charge in [0, 0.05) is 29.6 Å². The lowest BCUT2D eigenvalue weighted by Crippen LogP contribution is -2.48. The van der Waals surface area contributed by atoms with E-state index in [0.29, 0.717) is 12.1 Å². The van der Waals surface area contributed by atoms with Crippen molar-refractivity contribution < 1.29 is 4.39 Å². The fourth-order valence-corrected chi connectivity index (χ4v) is 3.03. The van der Waals surface area contributed by atoms with E-state index in [1.54, 1.807) is 12.1 Å². The van der Waals surface area contributed by atoms with Gasteiger partial charge in [-0.1, -0.05) is 13.8 Å². The zero-order chi connectivity index (χ0) is 13.1. The molecule has 0 aromatic heterocycles. The van der Waals surface area contributed by atoms with Crippen molar-refractivity contribution in [3.8, 4) is 0 Å². The van der Waals surface area contributed by atoms with Gasteiger partial charge in [0.05, 0.1) is 5.69 Å². The van der Waals surface area contributed by atoms with Gasteiger partial charge in [0.15, 0.2) is 0 Å². The zero-order valence-corrected chi connectivity index (χ0v) is 12.5. The minimum absolute atomic E-state index is 0.174. The van der Waals surface area contributed by atoms with Crippen molar-refractivity contribution in [2.75, 3.05) is 18.0 Å². The summed E-state index contributed by atoms with van der Waals surface area (Å²) < 4.78 is 14.3. The fourth-order valence-electron chi connectivity index (χ4n) is 2.53. The van der Waals surface area contributed by atoms with Crippen LogP contribution in [0.3, 0.4) is 0 Å². The summed E-state index contributed by atoms with van der Waals surface area (Å²) in [6.07, 6.45) is 2.34. The Bertz CT molecular complexity index is 409. The van der Waals surface area contributed by atoms with Crippen molar-refractivity contribution in [2.24, 2.45) is 0 Å². The maximum absolute atomic E-state index is 13.3. The smallest absolute Gasteiger partial charge is 0.125 e. The highest BCUT2D eigenvalue weighted by Gasteiger charge is 2.21. The van der Waals surface area contributed by atoms with Crippen molar-refractivity contribution in [1.82, 2.24) is 5.32 Å². The molecule has 0 saturated carbocycles. The van der Waals surface area contributed by atoms with E-state index in [4.69, 9.17) is 0 Å². The number of nitrogens with one attached hydrogen (secondary N) is 1. The van der Waals surface area contributed by atoms with Crippen LogP contribution in [0.25, 0.3) is 0 Å². The first kappa shape index (κ1) is 13.8. The molecule has 1 fully saturated rings. The maximum atomic E-state index is 13.3. The zero-order valence-electron chi connectivity index (χ0n) is 10.9. The average Bonchev–Trinajstić information content (AvgIpc) is 2.32. The molecule has 0 amide bonds. The van der Waals surface area contributed by atoms with E-state index in [1.165, 1.54) is 12.5 Å². The number of hydrogen-bond donors (Lipinski definition) is 1. The molecule has 100 valence electrons. The van der Waals surface area contributed by atoms with E-state index in [9.17, 15) is 4.39 Å². The molecule has 0 spiro atoms. The Morgan fingerprint density at radius 3 is 2.94 bits per heavy atom. The molecule has 1 aromatic carbocycles. The second-order valence-electron chi connectivity index (χ2n) is 5.20. The van der Waals surface area contributed by atoms with Crippen LogP contribution in [0, 0.1) is 5.82 Å². The molecule has 0 aliphatic carbocycles. The second kappa shape index (κ2) is 6.02. The SMILES string of the molecule is CC(C)NC1CCCN(c2cc(F)ccc2Br)C1. The summed E-state index contributed by atoms with van der Waals surface area (Å²) in [7, 11) is 0. The Kier molecular flexibility index (Phi) is 4.62. The van der Waals surface area contributed by atoms with Gasteiger partial charge in [-0.25, -0.2) is 4.39 Å². The summed E-state index contributed by atoms with van der Waals surface area (Å²) in [5.41, 5.74) is 0.963. The molecule has 0 bridgehead atoms. The van der Waals surface area contributed by atoms with E-state index in [-0.39, 0.29) is 5.82 Å². The monoisotopic (exact) mass is 314 g/mol. The molecule has 4 heteroatoms. The summed E-state index contributed by atoms with van der Waals surface area (Å²) in [5, 5.41) is 3.56. The first-order valence-electron chi connectivity index (χ1n) is 6.52. The molecule has 1 saturated heterocycles. The van der Waals surface area contributed by atoms with Gasteiger partial charge in [0.25, 0.3) is 0 Å².